The van der Waals surface area contributed by atoms with Gasteiger partial charge in [0.05, 0.1) is 47.7 Å². The standard InChI is InChI=1S/C53H70O9Si2.C25H36O8.2CH4/c1-38-35-39(2)48(51(55)57-33-34-63(10,11)12)42(36-38)25-22-30-47-49(61-53(7,8)60-47)46(59-50(54)41-23-16-13-17-24-41)32-31-45(58-37-56-9)40(3)62-64(52(4,5)6,43-26-18-14-19-27-43)44-28-20-15-21-29-44;1-15-12-16(2)22(24(28)29)18(13-15)8-7-9-21-23(33-25(4,5)32-21)19(27)10-11-20(17(3)26)31-14-30-6;;/h13-29,31-32,35-36,40,45-47,49H,30,33-34,37H2,1-12H3;7-8,10-13,17,19-21,23,26-27H,9,14H2,1-6H3,(H,28,29);2*1H4/b25-22+,32-31-;8-7+,11-10-;;/t40-,45+,46?,47-,49+;17-,19?,20+,21-,23+;;/m00../s1/i;;2*1T. The lowest BCUT2D eigenvalue weighted by molar-refractivity contribution is -0.153. The fourth-order valence-electron chi connectivity index (χ4n) is 12.2. The molecular formula is C80H114O17Si2. The molecule has 2 heterocycles. The van der Waals surface area contributed by atoms with Crippen LogP contribution in [0, 0.1) is 27.7 Å². The van der Waals surface area contributed by atoms with Crippen molar-refractivity contribution in [3.8, 4) is 0 Å². The van der Waals surface area contributed by atoms with Gasteiger partial charge in [0.15, 0.2) is 11.6 Å². The maximum atomic E-state index is 13.9. The molecule has 2 aliphatic rings. The Hall–Kier alpha value is -6.54. The van der Waals surface area contributed by atoms with Gasteiger partial charge in [-0.05, 0) is 144 Å². The quantitative estimate of drug-likeness (QED) is 0.0163. The maximum Gasteiger partial charge on any atom is 0.338 e. The molecule has 19 heteroatoms. The zero-order valence-corrected chi connectivity index (χ0v) is 64.2. The normalized spacial score (nSPS) is 19.7. The largest absolute Gasteiger partial charge is 0.478 e. The van der Waals surface area contributed by atoms with Crippen molar-refractivity contribution < 1.29 is 84.2 Å². The van der Waals surface area contributed by atoms with Gasteiger partial charge in [-0.3, -0.25) is 0 Å². The van der Waals surface area contributed by atoms with Gasteiger partial charge < -0.3 is 67.1 Å². The third-order valence-corrected chi connectivity index (χ3v) is 23.5. The topological polar surface area (TPSA) is 213 Å². The molecule has 3 N–H and O–H groups in total. The summed E-state index contributed by atoms with van der Waals surface area (Å²) in [4.78, 5) is 39.0. The van der Waals surface area contributed by atoms with Gasteiger partial charge in [-0.15, -0.1) is 0 Å². The van der Waals surface area contributed by atoms with E-state index in [-0.39, 0.29) is 30.2 Å². The number of carboxylic acids is 1. The predicted molar refractivity (Wildman–Crippen MR) is 399 cm³/mol. The van der Waals surface area contributed by atoms with Gasteiger partial charge in [0.25, 0.3) is 8.32 Å². The Bertz CT molecular complexity index is 3420. The molecule has 0 aliphatic carbocycles. The highest BCUT2D eigenvalue weighted by molar-refractivity contribution is 6.99. The molecule has 0 amide bonds. The van der Waals surface area contributed by atoms with Crippen molar-refractivity contribution in [1.82, 2.24) is 0 Å². The van der Waals surface area contributed by atoms with E-state index in [2.05, 4.69) is 88.9 Å². The molecule has 10 atom stereocenters. The molecule has 2 saturated heterocycles. The minimum absolute atomic E-state index is 0.00764. The minimum atomic E-state index is -2.99. The van der Waals surface area contributed by atoms with Crippen molar-refractivity contribution >= 4 is 56.8 Å². The Morgan fingerprint density at radius 3 is 1.56 bits per heavy atom. The number of esters is 2. The molecule has 99 heavy (non-hydrogen) atoms. The van der Waals surface area contributed by atoms with Crippen LogP contribution in [0.15, 0.2) is 152 Å². The van der Waals surface area contributed by atoms with Crippen LogP contribution in [0.3, 0.4) is 0 Å². The van der Waals surface area contributed by atoms with Crippen LogP contribution >= 0.6 is 0 Å². The highest BCUT2D eigenvalue weighted by atomic mass is 28.4. The van der Waals surface area contributed by atoms with Crippen molar-refractivity contribution in [3.63, 3.8) is 0 Å². The first kappa shape index (κ1) is 81.4. The molecule has 0 saturated carbocycles. The first-order valence-corrected chi connectivity index (χ1v) is 39.0. The number of methoxy groups -OCH3 is 2. The van der Waals surface area contributed by atoms with Gasteiger partial charge in [0.1, 0.15) is 50.2 Å². The molecular weight excluding hydrogens is 1290 g/mol. The number of carboxylic acid groups (broad SMARTS) is 1. The summed E-state index contributed by atoms with van der Waals surface area (Å²) in [6, 6.07) is 38.4. The van der Waals surface area contributed by atoms with Crippen LogP contribution in [0.25, 0.3) is 12.2 Å². The second-order valence-corrected chi connectivity index (χ2v) is 38.1. The van der Waals surface area contributed by atoms with Crippen molar-refractivity contribution in [2.75, 3.05) is 34.4 Å². The second-order valence-electron chi connectivity index (χ2n) is 28.2. The van der Waals surface area contributed by atoms with Gasteiger partial charge >= 0.3 is 17.9 Å². The first-order chi connectivity index (χ1) is 47.7. The summed E-state index contributed by atoms with van der Waals surface area (Å²) in [7, 11) is 1.18. The SMILES string of the molecule is COCO[C@H](/C=C\C(O)[C@H]1OC(C)(C)O[C@H]1C/C=C/c1cc(C)cc(C)c1C(=O)O)[C@H](C)O.COCO[C@H](/C=C\C(OC(=O)c1ccccc1)[C@H]1OC(C)(C)O[C@H]1C/C=C/c1cc(C)cc(C)c1C(=O)OCC[Si](C)(C)C)[C@H](C)O[Si](c1ccccc1)(c1ccccc1)C(C)(C)C.[3H]C.[3H]C. The third kappa shape index (κ3) is 24.6. The number of aryl methyl sites for hydroxylation is 4. The molecule has 5 aromatic rings. The van der Waals surface area contributed by atoms with Crippen molar-refractivity contribution in [3.05, 3.63) is 202 Å². The summed E-state index contributed by atoms with van der Waals surface area (Å²) in [5.41, 5.74) is 6.17. The number of aliphatic hydroxyl groups excluding tert-OH is 2. The third-order valence-electron chi connectivity index (χ3n) is 16.7. The van der Waals surface area contributed by atoms with E-state index in [1.165, 1.54) is 28.0 Å². The second kappa shape index (κ2) is 38.5. The van der Waals surface area contributed by atoms with Gasteiger partial charge in [-0.25, -0.2) is 14.4 Å². The minimum Gasteiger partial charge on any atom is -0.478 e. The van der Waals surface area contributed by atoms with E-state index in [4.69, 9.17) is 54.5 Å². The molecule has 0 spiro atoms. The number of hydrogen-bond acceptors (Lipinski definition) is 16. The lowest BCUT2D eigenvalue weighted by atomic mass is 9.97. The molecule has 2 unspecified atom stereocenters. The zero-order chi connectivity index (χ0) is 75.5. The Kier molecular flexibility index (Phi) is 31.7. The van der Waals surface area contributed by atoms with E-state index < -0.39 is 101 Å². The Morgan fingerprint density at radius 1 is 0.626 bits per heavy atom. The zero-order valence-electron chi connectivity index (χ0n) is 64.2. The first-order valence-electron chi connectivity index (χ1n) is 35.4. The van der Waals surface area contributed by atoms with Crippen LogP contribution in [0.1, 0.15) is 157 Å². The van der Waals surface area contributed by atoms with Gasteiger partial charge in [-0.1, -0.05) is 212 Å². The number of carbonyl (C=O) groups is 3. The van der Waals surface area contributed by atoms with Gasteiger partial charge in [0, 0.05) is 25.0 Å². The van der Waals surface area contributed by atoms with E-state index in [1.807, 2.05) is 114 Å². The van der Waals surface area contributed by atoms with Crippen LogP contribution in [0.2, 0.25) is 30.7 Å². The van der Waals surface area contributed by atoms with Crippen LogP contribution < -0.4 is 10.4 Å². The number of aromatic carboxylic acids is 1. The maximum absolute atomic E-state index is 13.9. The van der Waals surface area contributed by atoms with E-state index in [1.54, 1.807) is 71.2 Å². The molecule has 7 rings (SSSR count). The Labute approximate surface area is 595 Å². The summed E-state index contributed by atoms with van der Waals surface area (Å²) >= 11 is 0. The number of rotatable bonds is 31. The molecule has 17 nitrogen and oxygen atoms in total. The van der Waals surface area contributed by atoms with E-state index >= 15 is 0 Å². The summed E-state index contributed by atoms with van der Waals surface area (Å²) in [5.74, 6) is -3.69. The highest BCUT2D eigenvalue weighted by Crippen LogP contribution is 2.40. The number of benzene rings is 5. The fourth-order valence-corrected chi connectivity index (χ4v) is 17.7. The Morgan fingerprint density at radius 2 is 1.08 bits per heavy atom. The Balaban J connectivity index is 0.000000490. The van der Waals surface area contributed by atoms with Crippen LogP contribution in [-0.4, -0.2) is 157 Å². The van der Waals surface area contributed by atoms with E-state index in [9.17, 15) is 29.7 Å². The average Bonchev–Trinajstić information content (AvgIpc) is 1.52. The molecule has 5 aromatic carbocycles. The molecule has 2 fully saturated rings. The number of hydrogen-bond donors (Lipinski definition) is 3. The summed E-state index contributed by atoms with van der Waals surface area (Å²) < 4.78 is 78.3. The van der Waals surface area contributed by atoms with Gasteiger partial charge in [0.2, 0.25) is 0 Å². The van der Waals surface area contributed by atoms with Crippen molar-refractivity contribution in [2.45, 2.75) is 221 Å². The van der Waals surface area contributed by atoms with E-state index in [0.29, 0.717) is 41.7 Å². The molecule has 2 aliphatic heterocycles. The molecule has 0 aromatic heterocycles. The van der Waals surface area contributed by atoms with Crippen molar-refractivity contribution in [2.24, 2.45) is 0 Å². The van der Waals surface area contributed by atoms with Crippen molar-refractivity contribution in [1.29, 1.82) is 0 Å². The predicted octanol–water partition coefficient (Wildman–Crippen LogP) is 14.9. The van der Waals surface area contributed by atoms with Crippen LogP contribution in [-0.2, 0) is 51.8 Å². The summed E-state index contributed by atoms with van der Waals surface area (Å²) in [5, 5.41) is 32.2. The van der Waals surface area contributed by atoms with Gasteiger partial charge in [-0.2, -0.15) is 0 Å². The lowest BCUT2D eigenvalue weighted by Crippen LogP contribution is -2.68. The number of carbonyl (C=O) groups excluding carboxylic acids is 2. The summed E-state index contributed by atoms with van der Waals surface area (Å²) in [6.45, 7) is 32.4. The molecule has 0 bridgehead atoms. The number of ether oxygens (including phenoxy) is 10. The highest BCUT2D eigenvalue weighted by Gasteiger charge is 2.52. The monoisotopic (exact) mass is 1410 g/mol. The van der Waals surface area contributed by atoms with Crippen LogP contribution in [0.5, 0.6) is 0 Å². The smallest absolute Gasteiger partial charge is 0.338 e. The molecule has 0 radical (unpaired) electrons. The lowest BCUT2D eigenvalue weighted by Gasteiger charge is -2.45. The number of aliphatic hydroxyl groups is 2. The van der Waals surface area contributed by atoms with Crippen LogP contribution in [0.4, 0.5) is 0 Å². The van der Waals surface area contributed by atoms with E-state index in [0.717, 1.165) is 38.7 Å². The fraction of sp³-hybridized carbons (Fsp3) is 0.487. The average molecular weight is 1410 g/mol. The molecule has 544 valence electrons. The summed E-state index contributed by atoms with van der Waals surface area (Å²) in [6.07, 6.45) is 8.33.